The quantitative estimate of drug-likeness (QED) is 0.0973. The molecular formula is C33H60N4O5. The zero-order valence-electron chi connectivity index (χ0n) is 27.7. The van der Waals surface area contributed by atoms with Crippen molar-refractivity contribution in [2.24, 2.45) is 10.8 Å². The highest BCUT2D eigenvalue weighted by Gasteiger charge is 2.40. The molecule has 42 heavy (non-hydrogen) atoms. The lowest BCUT2D eigenvalue weighted by atomic mass is 9.74. The first-order valence-electron chi connectivity index (χ1n) is 16.9. The van der Waals surface area contributed by atoms with Gasteiger partial charge in [0.05, 0.1) is 0 Å². The average molecular weight is 593 g/mol. The molecule has 9 heteroatoms. The molecule has 0 unspecified atom stereocenters. The molecule has 6 amide bonds. The summed E-state index contributed by atoms with van der Waals surface area (Å²) in [6.45, 7) is 16.9. The van der Waals surface area contributed by atoms with Crippen molar-refractivity contribution in [1.29, 1.82) is 0 Å². The highest BCUT2D eigenvalue weighted by molar-refractivity contribution is 6.02. The summed E-state index contributed by atoms with van der Waals surface area (Å²) in [5.74, 6) is -0.127. The van der Waals surface area contributed by atoms with Crippen molar-refractivity contribution in [1.82, 2.24) is 19.6 Å². The predicted octanol–water partition coefficient (Wildman–Crippen LogP) is 6.69. The minimum Gasteiger partial charge on any atom is -0.381 e. The molecule has 0 bridgehead atoms. The summed E-state index contributed by atoms with van der Waals surface area (Å²) < 4.78 is 5.99. The molecule has 242 valence electrons. The van der Waals surface area contributed by atoms with E-state index in [4.69, 9.17) is 4.74 Å². The fraction of sp³-hybridized carbons (Fsp3) is 0.879. The third-order valence-corrected chi connectivity index (χ3v) is 10.3. The molecule has 0 aliphatic carbocycles. The molecule has 0 N–H and O–H groups in total. The van der Waals surface area contributed by atoms with Gasteiger partial charge in [0.25, 0.3) is 0 Å². The number of rotatable bonds is 23. The van der Waals surface area contributed by atoms with Crippen LogP contribution in [0.2, 0.25) is 0 Å². The number of hydrogen-bond acceptors (Lipinski definition) is 5. The molecule has 0 aromatic rings. The van der Waals surface area contributed by atoms with Gasteiger partial charge in [-0.1, -0.05) is 59.8 Å². The van der Waals surface area contributed by atoms with Gasteiger partial charge >= 0.3 is 12.1 Å². The van der Waals surface area contributed by atoms with Crippen LogP contribution >= 0.6 is 0 Å². The topological polar surface area (TPSA) is 90.5 Å². The first-order valence-corrected chi connectivity index (χ1v) is 16.9. The second-order valence-electron chi connectivity index (χ2n) is 12.5. The highest BCUT2D eigenvalue weighted by atomic mass is 16.5. The normalized spacial score (nSPS) is 16.6. The smallest absolute Gasteiger partial charge is 0.327 e. The largest absolute Gasteiger partial charge is 0.381 e. The number of carbonyl (C=O) groups excluding carboxylic acids is 4. The number of unbranched alkanes of at least 4 members (excludes halogenated alkanes) is 3. The Balaban J connectivity index is 1.63. The number of nitrogens with zero attached hydrogens (tertiary/aromatic N) is 4. The van der Waals surface area contributed by atoms with Gasteiger partial charge in [0.15, 0.2) is 0 Å². The molecule has 2 aliphatic heterocycles. The second-order valence-corrected chi connectivity index (χ2v) is 12.5. The summed E-state index contributed by atoms with van der Waals surface area (Å²) in [6.07, 6.45) is 13.7. The van der Waals surface area contributed by atoms with Gasteiger partial charge in [0.2, 0.25) is 11.8 Å². The van der Waals surface area contributed by atoms with E-state index in [2.05, 4.69) is 27.7 Å². The number of hydrogen-bond donors (Lipinski definition) is 0. The molecule has 2 rings (SSSR count). The SMILES string of the molecule is CCN1CC(=O)N(CCCCC(CC)(CC)CCCCOCCCCC(CC)(CC)CN2C(=O)CN(CC)C2=O)C1=O. The minimum atomic E-state index is -0.134. The Morgan fingerprint density at radius 3 is 1.45 bits per heavy atom. The number of ether oxygens (including phenoxy) is 1. The van der Waals surface area contributed by atoms with Gasteiger partial charge in [-0.2, -0.15) is 0 Å². The van der Waals surface area contributed by atoms with Crippen LogP contribution < -0.4 is 0 Å². The number of imide groups is 2. The van der Waals surface area contributed by atoms with Crippen LogP contribution in [-0.2, 0) is 14.3 Å². The monoisotopic (exact) mass is 592 g/mol. The summed E-state index contributed by atoms with van der Waals surface area (Å²) in [5, 5.41) is 0. The van der Waals surface area contributed by atoms with Crippen molar-refractivity contribution in [2.45, 2.75) is 125 Å². The maximum atomic E-state index is 12.6. The van der Waals surface area contributed by atoms with Gasteiger partial charge in [-0.25, -0.2) is 9.59 Å². The fourth-order valence-electron chi connectivity index (χ4n) is 6.66. The van der Waals surface area contributed by atoms with Crippen LogP contribution in [0, 0.1) is 10.8 Å². The van der Waals surface area contributed by atoms with Crippen molar-refractivity contribution in [3.8, 4) is 0 Å². The summed E-state index contributed by atoms with van der Waals surface area (Å²) in [5.41, 5.74) is 0.304. The summed E-state index contributed by atoms with van der Waals surface area (Å²) in [4.78, 5) is 55.6. The van der Waals surface area contributed by atoms with E-state index in [1.165, 1.54) is 16.2 Å². The number of urea groups is 2. The second kappa shape index (κ2) is 17.8. The molecule has 0 aromatic heterocycles. The molecule has 2 saturated heterocycles. The zero-order chi connectivity index (χ0) is 31.2. The van der Waals surface area contributed by atoms with E-state index in [-0.39, 0.29) is 42.4 Å². The lowest BCUT2D eigenvalue weighted by molar-refractivity contribution is -0.127. The van der Waals surface area contributed by atoms with Crippen LogP contribution in [0.4, 0.5) is 9.59 Å². The zero-order valence-corrected chi connectivity index (χ0v) is 27.7. The number of amides is 6. The fourth-order valence-corrected chi connectivity index (χ4v) is 6.66. The van der Waals surface area contributed by atoms with E-state index in [0.717, 1.165) is 90.3 Å². The molecule has 0 spiro atoms. The average Bonchev–Trinajstić information content (AvgIpc) is 3.44. The van der Waals surface area contributed by atoms with Crippen molar-refractivity contribution < 1.29 is 23.9 Å². The Labute approximate surface area is 255 Å². The third kappa shape index (κ3) is 9.68. The molecule has 2 fully saturated rings. The highest BCUT2D eigenvalue weighted by Crippen LogP contribution is 2.38. The van der Waals surface area contributed by atoms with Gasteiger partial charge in [0, 0.05) is 39.4 Å². The van der Waals surface area contributed by atoms with Crippen LogP contribution in [0.5, 0.6) is 0 Å². The Kier molecular flexibility index (Phi) is 15.3. The first-order chi connectivity index (χ1) is 20.1. The van der Waals surface area contributed by atoms with Crippen molar-refractivity contribution in [2.75, 3.05) is 52.5 Å². The van der Waals surface area contributed by atoms with Gasteiger partial charge in [-0.3, -0.25) is 19.4 Å². The predicted molar refractivity (Wildman–Crippen MR) is 167 cm³/mol. The maximum Gasteiger partial charge on any atom is 0.327 e. The van der Waals surface area contributed by atoms with E-state index in [1.54, 1.807) is 9.80 Å². The van der Waals surface area contributed by atoms with Gasteiger partial charge in [-0.15, -0.1) is 0 Å². The number of likely N-dealkylation sites (N-methyl/N-ethyl adjacent to an activating group) is 2. The third-order valence-electron chi connectivity index (χ3n) is 10.3. The van der Waals surface area contributed by atoms with Crippen molar-refractivity contribution >= 4 is 23.9 Å². The van der Waals surface area contributed by atoms with Crippen LogP contribution in [0.1, 0.15) is 125 Å². The van der Waals surface area contributed by atoms with Crippen LogP contribution in [0.25, 0.3) is 0 Å². The molecule has 2 heterocycles. The molecule has 0 radical (unpaired) electrons. The summed E-state index contributed by atoms with van der Waals surface area (Å²) >= 11 is 0. The Morgan fingerprint density at radius 1 is 0.571 bits per heavy atom. The van der Waals surface area contributed by atoms with Crippen molar-refractivity contribution in [3.05, 3.63) is 0 Å². The van der Waals surface area contributed by atoms with Crippen LogP contribution in [0.15, 0.2) is 0 Å². The molecule has 2 aliphatic rings. The van der Waals surface area contributed by atoms with Gasteiger partial charge < -0.3 is 14.5 Å². The minimum absolute atomic E-state index is 0.0197. The molecule has 0 saturated carbocycles. The van der Waals surface area contributed by atoms with Crippen LogP contribution in [0.3, 0.4) is 0 Å². The van der Waals surface area contributed by atoms with Gasteiger partial charge in [-0.05, 0) is 76.0 Å². The molecule has 0 aromatic carbocycles. The van der Waals surface area contributed by atoms with E-state index < -0.39 is 0 Å². The van der Waals surface area contributed by atoms with Crippen molar-refractivity contribution in [3.63, 3.8) is 0 Å². The first kappa shape index (κ1) is 36.0. The lowest BCUT2D eigenvalue weighted by Gasteiger charge is -2.35. The Hall–Kier alpha value is -2.16. The maximum absolute atomic E-state index is 12.6. The molecule has 0 atom stereocenters. The van der Waals surface area contributed by atoms with E-state index >= 15 is 0 Å². The van der Waals surface area contributed by atoms with Crippen LogP contribution in [-0.4, -0.2) is 96.0 Å². The summed E-state index contributed by atoms with van der Waals surface area (Å²) in [6, 6.07) is -0.265. The van der Waals surface area contributed by atoms with Gasteiger partial charge in [0.1, 0.15) is 13.1 Å². The molecular weight excluding hydrogens is 532 g/mol. The number of carbonyl (C=O) groups is 4. The lowest BCUT2D eigenvalue weighted by Crippen LogP contribution is -2.41. The molecule has 9 nitrogen and oxygen atoms in total. The Morgan fingerprint density at radius 2 is 1.00 bits per heavy atom. The van der Waals surface area contributed by atoms with E-state index in [9.17, 15) is 19.2 Å². The van der Waals surface area contributed by atoms with E-state index in [1.807, 2.05) is 13.8 Å². The Bertz CT molecular complexity index is 871. The summed E-state index contributed by atoms with van der Waals surface area (Å²) in [7, 11) is 0. The van der Waals surface area contributed by atoms with E-state index in [0.29, 0.717) is 31.6 Å². The standard InChI is InChI=1S/C33H60N4O5/c1-7-32(8-2,19-13-16-22-36-28(38)25-34(11-5)30(36)40)20-14-17-23-42-24-18-15-21-33(9-3,10-4)27-37-29(39)26-35(12-6)31(37)41/h7-27H2,1-6H3.